The molecule has 1 aromatic heterocycles. The summed E-state index contributed by atoms with van der Waals surface area (Å²) in [7, 11) is -2.64. The molecule has 112 valence electrons. The Bertz CT molecular complexity index is 802. The van der Waals surface area contributed by atoms with Crippen molar-refractivity contribution in [2.45, 2.75) is 24.8 Å². The Hall–Kier alpha value is -1.99. The highest BCUT2D eigenvalue weighted by Crippen LogP contribution is 2.27. The van der Waals surface area contributed by atoms with Gasteiger partial charge in [-0.25, -0.2) is 8.42 Å². The van der Waals surface area contributed by atoms with E-state index in [-0.39, 0.29) is 4.90 Å². The number of sulfonamides is 1. The molecule has 0 spiro atoms. The first kappa shape index (κ1) is 15.4. The number of rotatable bonds is 4. The molecule has 1 N–H and O–H groups in total. The number of likely N-dealkylation sites (N-methyl/N-ethyl adjacent to an activating group) is 1. The van der Waals surface area contributed by atoms with Crippen LogP contribution in [0.4, 0.5) is 0 Å². The number of aryl methyl sites for hydroxylation is 1. The number of carboxylic acids is 1. The Labute approximate surface area is 123 Å². The van der Waals surface area contributed by atoms with Crippen LogP contribution in [0, 0.1) is 6.92 Å². The number of nitrogens with zero attached hydrogens (tertiary/aromatic N) is 2. The van der Waals surface area contributed by atoms with Crippen LogP contribution in [0.1, 0.15) is 12.6 Å². The lowest BCUT2D eigenvalue weighted by Gasteiger charge is -2.22. The number of pyridine rings is 1. The van der Waals surface area contributed by atoms with Crippen LogP contribution >= 0.6 is 0 Å². The predicted octanol–water partition coefficient (Wildman–Crippen LogP) is 1.64. The molecule has 0 unspecified atom stereocenters. The second-order valence-corrected chi connectivity index (χ2v) is 6.75. The Kier molecular flexibility index (Phi) is 3.97. The van der Waals surface area contributed by atoms with Crippen LogP contribution in [0.3, 0.4) is 0 Å². The van der Waals surface area contributed by atoms with Crippen molar-refractivity contribution in [3.63, 3.8) is 0 Å². The van der Waals surface area contributed by atoms with Crippen LogP contribution < -0.4 is 0 Å². The monoisotopic (exact) mass is 308 g/mol. The van der Waals surface area contributed by atoms with Crippen molar-refractivity contribution in [2.24, 2.45) is 0 Å². The van der Waals surface area contributed by atoms with Gasteiger partial charge in [-0.3, -0.25) is 9.78 Å². The molecule has 0 fully saturated rings. The number of aliphatic carboxylic acids is 1. The summed E-state index contributed by atoms with van der Waals surface area (Å²) >= 11 is 0. The van der Waals surface area contributed by atoms with Gasteiger partial charge in [0.15, 0.2) is 0 Å². The highest BCUT2D eigenvalue weighted by atomic mass is 32.2. The van der Waals surface area contributed by atoms with E-state index in [1.807, 2.05) is 0 Å². The molecule has 7 heteroatoms. The van der Waals surface area contributed by atoms with Gasteiger partial charge in [-0.15, -0.1) is 0 Å². The summed E-state index contributed by atoms with van der Waals surface area (Å²) in [5.41, 5.74) is 0.721. The highest BCUT2D eigenvalue weighted by molar-refractivity contribution is 7.89. The van der Waals surface area contributed by atoms with E-state index >= 15 is 0 Å². The van der Waals surface area contributed by atoms with E-state index in [1.54, 1.807) is 25.1 Å². The summed E-state index contributed by atoms with van der Waals surface area (Å²) < 4.78 is 26.2. The van der Waals surface area contributed by atoms with Gasteiger partial charge >= 0.3 is 5.97 Å². The van der Waals surface area contributed by atoms with Gasteiger partial charge < -0.3 is 5.11 Å². The van der Waals surface area contributed by atoms with Crippen LogP contribution in [0.25, 0.3) is 10.8 Å². The average molecular weight is 308 g/mol. The molecule has 0 saturated heterocycles. The Morgan fingerprint density at radius 1 is 1.29 bits per heavy atom. The first-order chi connectivity index (χ1) is 9.76. The molecule has 2 aromatic rings. The third-order valence-corrected chi connectivity index (χ3v) is 5.51. The fraction of sp³-hybridized carbons (Fsp3) is 0.286. The Morgan fingerprint density at radius 2 is 1.95 bits per heavy atom. The second-order valence-electron chi connectivity index (χ2n) is 4.78. The molecule has 6 nitrogen and oxygen atoms in total. The molecule has 0 aliphatic heterocycles. The summed E-state index contributed by atoms with van der Waals surface area (Å²) in [5.74, 6) is -1.20. The normalized spacial score (nSPS) is 13.5. The van der Waals surface area contributed by atoms with Crippen LogP contribution in [-0.2, 0) is 14.8 Å². The van der Waals surface area contributed by atoms with E-state index in [1.165, 1.54) is 26.2 Å². The van der Waals surface area contributed by atoms with Gasteiger partial charge in [-0.05, 0) is 26.0 Å². The number of benzene rings is 1. The molecule has 0 aliphatic rings. The van der Waals surface area contributed by atoms with Crippen molar-refractivity contribution in [2.75, 3.05) is 7.05 Å². The molecule has 1 heterocycles. The minimum atomic E-state index is -3.90. The van der Waals surface area contributed by atoms with Gasteiger partial charge in [0.25, 0.3) is 0 Å². The summed E-state index contributed by atoms with van der Waals surface area (Å²) in [6.45, 7) is 3.13. The van der Waals surface area contributed by atoms with E-state index in [9.17, 15) is 13.2 Å². The molecule has 21 heavy (non-hydrogen) atoms. The van der Waals surface area contributed by atoms with Crippen molar-refractivity contribution in [3.8, 4) is 0 Å². The maximum absolute atomic E-state index is 12.6. The van der Waals surface area contributed by atoms with Crippen LogP contribution in [0.2, 0.25) is 0 Å². The summed E-state index contributed by atoms with van der Waals surface area (Å²) in [5, 5.41) is 10.3. The highest BCUT2D eigenvalue weighted by Gasteiger charge is 2.30. The van der Waals surface area contributed by atoms with E-state index in [2.05, 4.69) is 4.98 Å². The lowest BCUT2D eigenvalue weighted by Crippen LogP contribution is -2.40. The zero-order valence-electron chi connectivity index (χ0n) is 11.9. The van der Waals surface area contributed by atoms with Gasteiger partial charge in [-0.1, -0.05) is 12.1 Å². The molecule has 0 bridgehead atoms. The quantitative estimate of drug-likeness (QED) is 0.927. The fourth-order valence-electron chi connectivity index (χ4n) is 2.07. The molecule has 1 atom stereocenters. The van der Waals surface area contributed by atoms with Crippen molar-refractivity contribution in [1.82, 2.24) is 9.29 Å². The van der Waals surface area contributed by atoms with Crippen LogP contribution in [-0.4, -0.2) is 41.9 Å². The molecular formula is C14H16N2O4S. The molecule has 0 aliphatic carbocycles. The predicted molar refractivity (Wildman–Crippen MR) is 78.5 cm³/mol. The topological polar surface area (TPSA) is 87.6 Å². The number of carbonyl (C=O) groups is 1. The molecular weight excluding hydrogens is 292 g/mol. The minimum absolute atomic E-state index is 0.0844. The largest absolute Gasteiger partial charge is 0.480 e. The van der Waals surface area contributed by atoms with Gasteiger partial charge in [-0.2, -0.15) is 4.31 Å². The van der Waals surface area contributed by atoms with E-state index in [0.717, 1.165) is 15.4 Å². The lowest BCUT2D eigenvalue weighted by molar-refractivity contribution is -0.140. The third-order valence-electron chi connectivity index (χ3n) is 3.53. The van der Waals surface area contributed by atoms with Crippen molar-refractivity contribution in [1.29, 1.82) is 0 Å². The Balaban J connectivity index is 2.66. The lowest BCUT2D eigenvalue weighted by atomic mass is 10.1. The average Bonchev–Trinajstić information content (AvgIpc) is 2.45. The van der Waals surface area contributed by atoms with Crippen LogP contribution in [0.5, 0.6) is 0 Å². The summed E-state index contributed by atoms with van der Waals surface area (Å²) in [4.78, 5) is 15.2. The van der Waals surface area contributed by atoms with Gasteiger partial charge in [0.2, 0.25) is 10.0 Å². The van der Waals surface area contributed by atoms with Gasteiger partial charge in [0, 0.05) is 29.7 Å². The van der Waals surface area contributed by atoms with Crippen LogP contribution in [0.15, 0.2) is 35.4 Å². The fourth-order valence-corrected chi connectivity index (χ4v) is 3.59. The first-order valence-electron chi connectivity index (χ1n) is 6.32. The standard InChI is InChI=1S/C14H16N2O4S/c1-9-11-5-4-6-13(12(11)7-8-15-9)21(19,20)16(3)10(2)14(17)18/h4-8,10H,1-3H3,(H,17,18)/t10-/m1/s1. The molecule has 0 radical (unpaired) electrons. The zero-order chi connectivity index (χ0) is 15.8. The zero-order valence-corrected chi connectivity index (χ0v) is 12.8. The number of hydrogen-bond donors (Lipinski definition) is 1. The number of hydrogen-bond acceptors (Lipinski definition) is 4. The summed E-state index contributed by atoms with van der Waals surface area (Å²) in [6.07, 6.45) is 1.54. The van der Waals surface area contributed by atoms with Gasteiger partial charge in [0.05, 0.1) is 4.90 Å². The maximum Gasteiger partial charge on any atom is 0.321 e. The van der Waals surface area contributed by atoms with E-state index < -0.39 is 22.0 Å². The van der Waals surface area contributed by atoms with E-state index in [0.29, 0.717) is 5.39 Å². The van der Waals surface area contributed by atoms with Crippen molar-refractivity contribution < 1.29 is 18.3 Å². The smallest absolute Gasteiger partial charge is 0.321 e. The SMILES string of the molecule is Cc1nccc2c(S(=O)(=O)N(C)[C@H](C)C(=O)O)cccc12. The first-order valence-corrected chi connectivity index (χ1v) is 7.76. The molecule has 2 rings (SSSR count). The molecule has 1 aromatic carbocycles. The third kappa shape index (κ3) is 2.62. The molecule has 0 amide bonds. The number of aromatic nitrogens is 1. The van der Waals surface area contributed by atoms with Crippen molar-refractivity contribution >= 4 is 26.8 Å². The maximum atomic E-state index is 12.6. The van der Waals surface area contributed by atoms with Crippen molar-refractivity contribution in [3.05, 3.63) is 36.2 Å². The minimum Gasteiger partial charge on any atom is -0.480 e. The van der Waals surface area contributed by atoms with Gasteiger partial charge in [0.1, 0.15) is 6.04 Å². The number of fused-ring (bicyclic) bond motifs is 1. The number of carboxylic acid groups (broad SMARTS) is 1. The Morgan fingerprint density at radius 3 is 2.57 bits per heavy atom. The molecule has 0 saturated carbocycles. The summed E-state index contributed by atoms with van der Waals surface area (Å²) in [6, 6.07) is 5.37. The van der Waals surface area contributed by atoms with E-state index in [4.69, 9.17) is 5.11 Å². The second kappa shape index (κ2) is 5.42.